The van der Waals surface area contributed by atoms with Crippen LogP contribution in [0.4, 0.5) is 28.4 Å². The highest BCUT2D eigenvalue weighted by molar-refractivity contribution is 5.79. The number of nitro benzene ring substituents is 4. The Kier molecular flexibility index (Phi) is 7.17. The Bertz CT molecular complexity index is 1010. The maximum absolute atomic E-state index is 10.7. The van der Waals surface area contributed by atoms with E-state index in [1.54, 1.807) is 0 Å². The lowest BCUT2D eigenvalue weighted by atomic mass is 10.1. The van der Waals surface area contributed by atoms with Crippen LogP contribution in [-0.4, -0.2) is 25.6 Å². The molecule has 0 saturated heterocycles. The first kappa shape index (κ1) is 22.4. The maximum Gasteiger partial charge on any atom is 0.368 e. The molecule has 0 saturated carbocycles. The number of carbonyl (C=O) groups is 1. The Morgan fingerprint density at radius 2 is 1.21 bits per heavy atom. The summed E-state index contributed by atoms with van der Waals surface area (Å²) < 4.78 is 0. The lowest BCUT2D eigenvalue weighted by Gasteiger charge is -2.00. The molecule has 2 aromatic rings. The molecule has 0 aliphatic rings. The van der Waals surface area contributed by atoms with Crippen molar-refractivity contribution in [3.8, 4) is 0 Å². The van der Waals surface area contributed by atoms with Crippen LogP contribution in [-0.2, 0) is 11.2 Å². The number of nitrogens with zero attached hydrogens (tertiary/aromatic N) is 4. The first-order valence-electron chi connectivity index (χ1n) is 7.33. The number of amides is 1. The van der Waals surface area contributed by atoms with Gasteiger partial charge < -0.3 is 11.5 Å². The van der Waals surface area contributed by atoms with Gasteiger partial charge in [-0.3, -0.25) is 45.3 Å². The van der Waals surface area contributed by atoms with Gasteiger partial charge in [-0.05, 0) is 6.07 Å². The molecule has 1 amide bonds. The number of nitrogen functional groups attached to an aromatic ring is 1. The van der Waals surface area contributed by atoms with Crippen LogP contribution in [0.3, 0.4) is 0 Å². The molecule has 0 heterocycles. The zero-order valence-corrected chi connectivity index (χ0v) is 14.3. The van der Waals surface area contributed by atoms with E-state index in [4.69, 9.17) is 11.5 Å². The van der Waals surface area contributed by atoms with Gasteiger partial charge in [-0.2, -0.15) is 0 Å². The van der Waals surface area contributed by atoms with Gasteiger partial charge in [0, 0.05) is 17.7 Å². The first-order chi connectivity index (χ1) is 13.5. The van der Waals surface area contributed by atoms with Crippen molar-refractivity contribution in [1.82, 2.24) is 0 Å². The lowest BCUT2D eigenvalue weighted by Crippen LogP contribution is -2.15. The third-order valence-corrected chi connectivity index (χ3v) is 3.27. The summed E-state index contributed by atoms with van der Waals surface area (Å²) in [6.07, 6.45) is -0.405. The lowest BCUT2D eigenvalue weighted by molar-refractivity contribution is -0.422. The van der Waals surface area contributed by atoms with Gasteiger partial charge in [-0.1, -0.05) is 18.2 Å². The van der Waals surface area contributed by atoms with Crippen molar-refractivity contribution in [1.29, 1.82) is 0 Å². The molecule has 152 valence electrons. The summed E-state index contributed by atoms with van der Waals surface area (Å²) >= 11 is 0. The van der Waals surface area contributed by atoms with Crippen molar-refractivity contribution >= 4 is 34.3 Å². The van der Waals surface area contributed by atoms with Crippen LogP contribution >= 0.6 is 0 Å². The highest BCUT2D eigenvalue weighted by Crippen LogP contribution is 2.32. The quantitative estimate of drug-likeness (QED) is 0.397. The number of rotatable bonds is 6. The molecular weight excluding hydrogens is 396 g/mol. The van der Waals surface area contributed by atoms with Crippen LogP contribution in [0, 0.1) is 40.5 Å². The number of primary amides is 1. The van der Waals surface area contributed by atoms with Gasteiger partial charge >= 0.3 is 22.7 Å². The second kappa shape index (κ2) is 9.31. The molecule has 2 aromatic carbocycles. The number of hydrogen-bond acceptors (Lipinski definition) is 10. The average molecular weight is 408 g/mol. The number of anilines is 1. The first-order valence-corrected chi connectivity index (χ1v) is 7.33. The summed E-state index contributed by atoms with van der Waals surface area (Å²) in [7, 11) is 0. The van der Waals surface area contributed by atoms with Crippen molar-refractivity contribution in [2.75, 3.05) is 5.73 Å². The van der Waals surface area contributed by atoms with E-state index in [2.05, 4.69) is 0 Å². The van der Waals surface area contributed by atoms with Gasteiger partial charge in [0.25, 0.3) is 0 Å². The van der Waals surface area contributed by atoms with Gasteiger partial charge in [0.15, 0.2) is 0 Å². The van der Waals surface area contributed by atoms with Crippen LogP contribution < -0.4 is 11.5 Å². The third-order valence-electron chi connectivity index (χ3n) is 3.27. The van der Waals surface area contributed by atoms with Crippen molar-refractivity contribution < 1.29 is 24.5 Å². The predicted molar refractivity (Wildman–Crippen MR) is 96.8 cm³/mol. The second-order valence-corrected chi connectivity index (χ2v) is 5.17. The molecule has 0 unspecified atom stereocenters. The molecule has 0 aliphatic heterocycles. The molecule has 4 N–H and O–H groups in total. The van der Waals surface area contributed by atoms with Crippen LogP contribution in [0.1, 0.15) is 5.56 Å². The normalized spacial score (nSPS) is 9.66. The van der Waals surface area contributed by atoms with E-state index in [9.17, 15) is 45.3 Å². The van der Waals surface area contributed by atoms with E-state index in [0.29, 0.717) is 0 Å². The maximum atomic E-state index is 10.7. The summed E-state index contributed by atoms with van der Waals surface area (Å²) in [5, 5.41) is 41.9. The van der Waals surface area contributed by atoms with Crippen molar-refractivity contribution in [3.05, 3.63) is 82.4 Å². The van der Waals surface area contributed by atoms with Crippen LogP contribution in [0.2, 0.25) is 0 Å². The van der Waals surface area contributed by atoms with E-state index < -0.39 is 54.8 Å². The van der Waals surface area contributed by atoms with Crippen molar-refractivity contribution in [3.63, 3.8) is 0 Å². The van der Waals surface area contributed by atoms with E-state index in [-0.39, 0.29) is 11.3 Å². The fourth-order valence-corrected chi connectivity index (χ4v) is 2.16. The minimum absolute atomic E-state index is 0.0632. The van der Waals surface area contributed by atoms with E-state index >= 15 is 0 Å². The predicted octanol–water partition coefficient (Wildman–Crippen LogP) is 1.62. The topological polar surface area (TPSA) is 242 Å². The third kappa shape index (κ3) is 5.64. The number of nitro groups is 4. The highest BCUT2D eigenvalue weighted by atomic mass is 16.6. The number of nitrogens with two attached hydrogens (primary N) is 2. The summed E-state index contributed by atoms with van der Waals surface area (Å²) in [5.74, 6) is -0.788. The Labute approximate surface area is 160 Å². The van der Waals surface area contributed by atoms with Gasteiger partial charge in [0.1, 0.15) is 5.69 Å². The molecular formula is C14H12N6O9. The van der Waals surface area contributed by atoms with Crippen molar-refractivity contribution in [2.24, 2.45) is 5.73 Å². The second-order valence-electron chi connectivity index (χ2n) is 5.17. The summed E-state index contributed by atoms with van der Waals surface area (Å²) in [4.78, 5) is 49.1. The smallest absolute Gasteiger partial charge is 0.368 e. The molecule has 0 atom stereocenters. The Hall–Kier alpha value is -4.69. The van der Waals surface area contributed by atoms with E-state index in [1.807, 2.05) is 0 Å². The number of hydrogen-bond donors (Lipinski definition) is 2. The fourth-order valence-electron chi connectivity index (χ4n) is 2.16. The number of para-hydroxylation sites is 2. The standard InChI is InChI=1S/C8H7N3O5.C6H5N3O4/c9-7(12)4-5-2-1-3-6(10(13)14)8(5)11(15)16;7-4-2-1-3-5(8(10)11)6(4)9(12)13/h1-3H,4H2,(H2,9,12);1-3H,7H2. The summed E-state index contributed by atoms with van der Waals surface area (Å²) in [6.45, 7) is 0. The molecule has 15 heteroatoms. The van der Waals surface area contributed by atoms with Gasteiger partial charge in [-0.25, -0.2) is 0 Å². The molecule has 0 aromatic heterocycles. The summed E-state index contributed by atoms with van der Waals surface area (Å²) in [5.41, 5.74) is 7.24. The Balaban J connectivity index is 0.000000296. The SMILES string of the molecule is NC(=O)Cc1cccc([N+](=O)[O-])c1[N+](=O)[O-].Nc1cccc([N+](=O)[O-])c1[N+](=O)[O-]. The largest absolute Gasteiger partial charge is 0.393 e. The van der Waals surface area contributed by atoms with E-state index in [0.717, 1.165) is 12.1 Å². The zero-order valence-electron chi connectivity index (χ0n) is 14.3. The molecule has 29 heavy (non-hydrogen) atoms. The number of benzene rings is 2. The zero-order chi connectivity index (χ0) is 22.3. The molecule has 2 rings (SSSR count). The molecule has 0 aliphatic carbocycles. The summed E-state index contributed by atoms with van der Waals surface area (Å²) in [6, 6.07) is 7.10. The molecule has 0 radical (unpaired) electrons. The Morgan fingerprint density at radius 1 is 0.759 bits per heavy atom. The van der Waals surface area contributed by atoms with Gasteiger partial charge in [-0.15, -0.1) is 0 Å². The number of carbonyl (C=O) groups excluding carboxylic acids is 1. The van der Waals surface area contributed by atoms with E-state index in [1.165, 1.54) is 24.3 Å². The minimum Gasteiger partial charge on any atom is -0.393 e. The average Bonchev–Trinajstić information content (AvgIpc) is 2.60. The van der Waals surface area contributed by atoms with Gasteiger partial charge in [0.2, 0.25) is 5.91 Å². The van der Waals surface area contributed by atoms with Gasteiger partial charge in [0.05, 0.1) is 26.1 Å². The monoisotopic (exact) mass is 408 g/mol. The molecule has 15 nitrogen and oxygen atoms in total. The minimum atomic E-state index is -0.892. The molecule has 0 spiro atoms. The van der Waals surface area contributed by atoms with Crippen LogP contribution in [0.25, 0.3) is 0 Å². The molecule has 0 bridgehead atoms. The van der Waals surface area contributed by atoms with Crippen LogP contribution in [0.5, 0.6) is 0 Å². The fraction of sp³-hybridized carbons (Fsp3) is 0.0714. The molecule has 0 fully saturated rings. The Morgan fingerprint density at radius 3 is 1.59 bits per heavy atom. The van der Waals surface area contributed by atoms with Crippen LogP contribution in [0.15, 0.2) is 36.4 Å². The highest BCUT2D eigenvalue weighted by Gasteiger charge is 2.28. The van der Waals surface area contributed by atoms with Crippen molar-refractivity contribution in [2.45, 2.75) is 6.42 Å².